The fourth-order valence-corrected chi connectivity index (χ4v) is 1.50. The average Bonchev–Trinajstić information content (AvgIpc) is 2.52. The first-order chi connectivity index (χ1) is 5.77. The second-order valence-corrected chi connectivity index (χ2v) is 3.58. The van der Waals surface area contributed by atoms with Crippen LogP contribution in [0.3, 0.4) is 0 Å². The van der Waals surface area contributed by atoms with Crippen LogP contribution < -0.4 is 0 Å². The minimum Gasteiger partial charge on any atom is -0.448 e. The molecular weight excluding hydrogens is 150 g/mol. The van der Waals surface area contributed by atoms with Gasteiger partial charge in [0.1, 0.15) is 0 Å². The molecule has 2 aromatic rings. The van der Waals surface area contributed by atoms with E-state index in [0.717, 1.165) is 12.1 Å². The second kappa shape index (κ2) is 2.70. The molecule has 0 saturated heterocycles. The summed E-state index contributed by atoms with van der Waals surface area (Å²) in [7, 11) is 0. The lowest BCUT2D eigenvalue weighted by Gasteiger charge is -1.99. The highest BCUT2D eigenvalue weighted by atomic mass is 16.3. The van der Waals surface area contributed by atoms with Gasteiger partial charge in [-0.25, -0.2) is 0 Å². The number of furan rings is 1. The average molecular weight is 163 g/mol. The van der Waals surface area contributed by atoms with Crippen LogP contribution in [-0.2, 0) is 6.42 Å². The number of nitrogens with one attached hydrogen (secondary N) is 1. The molecule has 0 unspecified atom stereocenters. The molecule has 2 heterocycles. The lowest BCUT2D eigenvalue weighted by atomic mass is 10.0. The fraction of sp³-hybridized carbons (Fsp3) is 0.400. The summed E-state index contributed by atoms with van der Waals surface area (Å²) in [5.74, 6) is 0.681. The predicted molar refractivity (Wildman–Crippen MR) is 49.1 cm³/mol. The Labute approximate surface area is 71.6 Å². The first-order valence-corrected chi connectivity index (χ1v) is 4.31. The molecule has 0 amide bonds. The lowest BCUT2D eigenvalue weighted by molar-refractivity contribution is 0.585. The van der Waals surface area contributed by atoms with Gasteiger partial charge < -0.3 is 9.40 Å². The van der Waals surface area contributed by atoms with Crippen molar-refractivity contribution in [1.82, 2.24) is 4.98 Å². The van der Waals surface area contributed by atoms with Crippen molar-refractivity contribution in [3.8, 4) is 0 Å². The van der Waals surface area contributed by atoms with Gasteiger partial charge in [-0.05, 0) is 18.4 Å². The molecule has 64 valence electrons. The molecule has 0 atom stereocenters. The minimum atomic E-state index is 0.681. The molecule has 0 saturated carbocycles. The van der Waals surface area contributed by atoms with Gasteiger partial charge in [-0.1, -0.05) is 13.8 Å². The van der Waals surface area contributed by atoms with Crippen molar-refractivity contribution in [3.05, 3.63) is 24.1 Å². The molecule has 2 heteroatoms. The number of fused-ring (bicyclic) bond motifs is 1. The summed E-state index contributed by atoms with van der Waals surface area (Å²) >= 11 is 0. The van der Waals surface area contributed by atoms with Crippen LogP contribution >= 0.6 is 0 Å². The van der Waals surface area contributed by atoms with Gasteiger partial charge in [-0.3, -0.25) is 0 Å². The van der Waals surface area contributed by atoms with Gasteiger partial charge in [-0.15, -0.1) is 0 Å². The molecule has 0 aliphatic carbocycles. The normalized spacial score (nSPS) is 11.6. The Morgan fingerprint density at radius 1 is 1.50 bits per heavy atom. The number of aromatic amines is 1. The molecule has 0 aliphatic heterocycles. The third kappa shape index (κ3) is 1.13. The maximum atomic E-state index is 5.33. The topological polar surface area (TPSA) is 28.9 Å². The van der Waals surface area contributed by atoms with E-state index in [4.69, 9.17) is 4.42 Å². The van der Waals surface area contributed by atoms with Gasteiger partial charge in [0.2, 0.25) is 5.71 Å². The van der Waals surface area contributed by atoms with Crippen LogP contribution in [0.15, 0.2) is 22.9 Å². The van der Waals surface area contributed by atoms with Crippen molar-refractivity contribution in [3.63, 3.8) is 0 Å². The molecule has 0 fully saturated rings. The largest absolute Gasteiger partial charge is 0.448 e. The molecule has 12 heavy (non-hydrogen) atoms. The molecule has 0 aliphatic rings. The van der Waals surface area contributed by atoms with E-state index in [9.17, 15) is 0 Å². The first kappa shape index (κ1) is 7.47. The standard InChI is InChI=1S/C10H13NO/c1-7(2)5-8-6-12-10-9(8)3-4-11-10/h3-4,6-7,11H,5H2,1-2H3. The number of hydrogen-bond acceptors (Lipinski definition) is 1. The van der Waals surface area contributed by atoms with Crippen LogP contribution in [0.25, 0.3) is 11.1 Å². The van der Waals surface area contributed by atoms with E-state index < -0.39 is 0 Å². The van der Waals surface area contributed by atoms with Gasteiger partial charge in [0.05, 0.1) is 6.26 Å². The Balaban J connectivity index is 2.40. The van der Waals surface area contributed by atoms with Gasteiger partial charge in [0.25, 0.3) is 0 Å². The summed E-state index contributed by atoms with van der Waals surface area (Å²) in [6, 6.07) is 2.07. The summed E-state index contributed by atoms with van der Waals surface area (Å²) in [4.78, 5) is 3.05. The van der Waals surface area contributed by atoms with E-state index in [1.54, 1.807) is 0 Å². The highest BCUT2D eigenvalue weighted by Gasteiger charge is 2.07. The molecule has 0 bridgehead atoms. The zero-order valence-electron chi connectivity index (χ0n) is 7.42. The number of H-pyrrole nitrogens is 1. The van der Waals surface area contributed by atoms with Crippen LogP contribution in [0.4, 0.5) is 0 Å². The van der Waals surface area contributed by atoms with Crippen LogP contribution in [0.1, 0.15) is 19.4 Å². The SMILES string of the molecule is CC(C)Cc1coc2[nH]ccc12. The Morgan fingerprint density at radius 3 is 3.08 bits per heavy atom. The van der Waals surface area contributed by atoms with Crippen molar-refractivity contribution in [2.75, 3.05) is 0 Å². The van der Waals surface area contributed by atoms with Gasteiger partial charge in [-0.2, -0.15) is 0 Å². The van der Waals surface area contributed by atoms with Gasteiger partial charge >= 0.3 is 0 Å². The van der Waals surface area contributed by atoms with Crippen molar-refractivity contribution >= 4 is 11.1 Å². The van der Waals surface area contributed by atoms with Crippen LogP contribution in [-0.4, -0.2) is 4.98 Å². The molecule has 0 radical (unpaired) electrons. The van der Waals surface area contributed by atoms with Crippen molar-refractivity contribution < 1.29 is 4.42 Å². The van der Waals surface area contributed by atoms with Crippen LogP contribution in [0.5, 0.6) is 0 Å². The Morgan fingerprint density at radius 2 is 2.33 bits per heavy atom. The van der Waals surface area contributed by atoms with Crippen LogP contribution in [0.2, 0.25) is 0 Å². The number of rotatable bonds is 2. The molecule has 1 N–H and O–H groups in total. The quantitative estimate of drug-likeness (QED) is 0.724. The summed E-state index contributed by atoms with van der Waals surface area (Å²) in [6.45, 7) is 4.43. The predicted octanol–water partition coefficient (Wildman–Crippen LogP) is 2.96. The van der Waals surface area contributed by atoms with E-state index >= 15 is 0 Å². The zero-order chi connectivity index (χ0) is 8.55. The molecule has 0 spiro atoms. The van der Waals surface area contributed by atoms with Crippen molar-refractivity contribution in [2.24, 2.45) is 5.92 Å². The summed E-state index contributed by atoms with van der Waals surface area (Å²) in [5, 5.41) is 1.23. The third-order valence-electron chi connectivity index (χ3n) is 2.00. The van der Waals surface area contributed by atoms with Crippen molar-refractivity contribution in [1.29, 1.82) is 0 Å². The Kier molecular flexibility index (Phi) is 1.68. The molecule has 2 aromatic heterocycles. The number of hydrogen-bond donors (Lipinski definition) is 1. The maximum Gasteiger partial charge on any atom is 0.204 e. The van der Waals surface area contributed by atoms with E-state index in [2.05, 4.69) is 24.9 Å². The minimum absolute atomic E-state index is 0.681. The van der Waals surface area contributed by atoms with E-state index in [0.29, 0.717) is 5.92 Å². The third-order valence-corrected chi connectivity index (χ3v) is 2.00. The van der Waals surface area contributed by atoms with Gasteiger partial charge in [0.15, 0.2) is 0 Å². The maximum absolute atomic E-state index is 5.33. The van der Waals surface area contributed by atoms with E-state index in [1.165, 1.54) is 10.9 Å². The summed E-state index contributed by atoms with van der Waals surface area (Å²) < 4.78 is 5.33. The van der Waals surface area contributed by atoms with E-state index in [1.807, 2.05) is 12.5 Å². The highest BCUT2D eigenvalue weighted by molar-refractivity contribution is 5.78. The smallest absolute Gasteiger partial charge is 0.204 e. The fourth-order valence-electron chi connectivity index (χ4n) is 1.50. The molecule has 2 nitrogen and oxygen atoms in total. The molecular formula is C10H13NO. The van der Waals surface area contributed by atoms with Crippen LogP contribution in [0, 0.1) is 5.92 Å². The zero-order valence-corrected chi connectivity index (χ0v) is 7.42. The number of aromatic nitrogens is 1. The van der Waals surface area contributed by atoms with Crippen molar-refractivity contribution in [2.45, 2.75) is 20.3 Å². The summed E-state index contributed by atoms with van der Waals surface area (Å²) in [6.07, 6.45) is 4.85. The van der Waals surface area contributed by atoms with Gasteiger partial charge in [0, 0.05) is 17.1 Å². The van der Waals surface area contributed by atoms with E-state index in [-0.39, 0.29) is 0 Å². The first-order valence-electron chi connectivity index (χ1n) is 4.31. The highest BCUT2D eigenvalue weighted by Crippen LogP contribution is 2.21. The second-order valence-electron chi connectivity index (χ2n) is 3.58. The Bertz CT molecular complexity index is 370. The summed E-state index contributed by atoms with van der Waals surface area (Å²) in [5.41, 5.74) is 2.20. The monoisotopic (exact) mass is 163 g/mol. The Hall–Kier alpha value is -1.18. The molecule has 2 rings (SSSR count). The lowest BCUT2D eigenvalue weighted by Crippen LogP contribution is -1.91. The molecule has 0 aromatic carbocycles.